The Morgan fingerprint density at radius 3 is 2.23 bits per heavy atom. The molecule has 0 spiro atoms. The lowest BCUT2D eigenvalue weighted by molar-refractivity contribution is 0.153. The van der Waals surface area contributed by atoms with E-state index >= 15 is 0 Å². The highest BCUT2D eigenvalue weighted by molar-refractivity contribution is 4.60. The van der Waals surface area contributed by atoms with Gasteiger partial charge in [-0.05, 0) is 32.4 Å². The molecule has 1 unspecified atom stereocenters. The van der Waals surface area contributed by atoms with E-state index in [1.54, 1.807) is 0 Å². The van der Waals surface area contributed by atoms with Crippen molar-refractivity contribution in [2.45, 2.75) is 32.8 Å². The Labute approximate surface area is 81.9 Å². The van der Waals surface area contributed by atoms with Gasteiger partial charge < -0.3 is 15.7 Å². The molecule has 13 heavy (non-hydrogen) atoms. The van der Waals surface area contributed by atoms with Crippen LogP contribution in [0.3, 0.4) is 0 Å². The molecule has 0 aliphatic carbocycles. The maximum absolute atomic E-state index is 9.23. The van der Waals surface area contributed by atoms with Crippen LogP contribution in [0.15, 0.2) is 0 Å². The fourth-order valence-corrected chi connectivity index (χ4v) is 1.08. The minimum absolute atomic E-state index is 0.332. The molecule has 3 N–H and O–H groups in total. The summed E-state index contributed by atoms with van der Waals surface area (Å²) in [7, 11) is 2.09. The Kier molecular flexibility index (Phi) is 7.23. The predicted octanol–water partition coefficient (Wildman–Crippen LogP) is 0.674. The summed E-state index contributed by atoms with van der Waals surface area (Å²) in [6, 6.07) is 0. The summed E-state index contributed by atoms with van der Waals surface area (Å²) in [5.74, 6) is 0.752. The molecule has 0 radical (unpaired) electrons. The van der Waals surface area contributed by atoms with E-state index in [2.05, 4.69) is 25.8 Å². The number of hydrogen-bond acceptors (Lipinski definition) is 3. The molecular weight excluding hydrogens is 164 g/mol. The van der Waals surface area contributed by atoms with Crippen LogP contribution >= 0.6 is 0 Å². The van der Waals surface area contributed by atoms with Crippen molar-refractivity contribution in [2.24, 2.45) is 11.7 Å². The zero-order valence-corrected chi connectivity index (χ0v) is 9.16. The highest BCUT2D eigenvalue weighted by atomic mass is 16.3. The summed E-state index contributed by atoms with van der Waals surface area (Å²) in [5.41, 5.74) is 5.31. The van der Waals surface area contributed by atoms with Crippen LogP contribution in [0.1, 0.15) is 26.7 Å². The fourth-order valence-electron chi connectivity index (χ4n) is 1.08. The van der Waals surface area contributed by atoms with Crippen LogP contribution in [0, 0.1) is 5.92 Å². The van der Waals surface area contributed by atoms with Gasteiger partial charge in [-0.2, -0.15) is 0 Å². The van der Waals surface area contributed by atoms with Crippen LogP contribution in [-0.2, 0) is 0 Å². The molecule has 0 bridgehead atoms. The normalized spacial score (nSPS) is 14.1. The van der Waals surface area contributed by atoms with Crippen LogP contribution in [0.5, 0.6) is 0 Å². The fraction of sp³-hybridized carbons (Fsp3) is 1.00. The van der Waals surface area contributed by atoms with Crippen LogP contribution in [0.2, 0.25) is 0 Å². The van der Waals surface area contributed by atoms with Crippen LogP contribution < -0.4 is 5.73 Å². The third-order valence-electron chi connectivity index (χ3n) is 2.20. The van der Waals surface area contributed by atoms with Crippen LogP contribution in [-0.4, -0.2) is 42.8 Å². The van der Waals surface area contributed by atoms with Crippen molar-refractivity contribution in [3.63, 3.8) is 0 Å². The first-order chi connectivity index (χ1) is 6.06. The first-order valence-electron chi connectivity index (χ1n) is 5.13. The van der Waals surface area contributed by atoms with Crippen LogP contribution in [0.4, 0.5) is 0 Å². The Morgan fingerprint density at radius 2 is 1.77 bits per heavy atom. The first kappa shape index (κ1) is 12.9. The molecule has 0 amide bonds. The molecule has 1 atom stereocenters. The molecule has 0 aliphatic heterocycles. The minimum Gasteiger partial charge on any atom is -0.392 e. The lowest BCUT2D eigenvalue weighted by Crippen LogP contribution is -2.28. The summed E-state index contributed by atoms with van der Waals surface area (Å²) >= 11 is 0. The van der Waals surface area contributed by atoms with Crippen molar-refractivity contribution in [2.75, 3.05) is 26.7 Å². The van der Waals surface area contributed by atoms with E-state index in [4.69, 9.17) is 5.73 Å². The molecule has 0 fully saturated rings. The standard InChI is InChI=1S/C10H24N2O/c1-9(2)4-6-12(3)7-5-10(13)8-11/h9-10,13H,4-8,11H2,1-3H3. The monoisotopic (exact) mass is 188 g/mol. The van der Waals surface area contributed by atoms with Gasteiger partial charge in [-0.15, -0.1) is 0 Å². The largest absolute Gasteiger partial charge is 0.392 e. The smallest absolute Gasteiger partial charge is 0.0674 e. The molecule has 0 aromatic carbocycles. The lowest BCUT2D eigenvalue weighted by Gasteiger charge is -2.19. The van der Waals surface area contributed by atoms with Gasteiger partial charge in [0.1, 0.15) is 0 Å². The number of hydrogen-bond donors (Lipinski definition) is 2. The van der Waals surface area contributed by atoms with Gasteiger partial charge in [0.2, 0.25) is 0 Å². The second-order valence-corrected chi connectivity index (χ2v) is 4.16. The van der Waals surface area contributed by atoms with Crippen molar-refractivity contribution >= 4 is 0 Å². The molecule has 0 heterocycles. The second kappa shape index (κ2) is 7.30. The summed E-state index contributed by atoms with van der Waals surface area (Å²) < 4.78 is 0. The molecule has 0 aromatic rings. The zero-order valence-electron chi connectivity index (χ0n) is 9.16. The average Bonchev–Trinajstić information content (AvgIpc) is 2.10. The summed E-state index contributed by atoms with van der Waals surface area (Å²) in [6.45, 7) is 6.86. The van der Waals surface area contributed by atoms with Crippen molar-refractivity contribution in [3.8, 4) is 0 Å². The van der Waals surface area contributed by atoms with Gasteiger partial charge in [0.25, 0.3) is 0 Å². The van der Waals surface area contributed by atoms with Gasteiger partial charge >= 0.3 is 0 Å². The number of rotatable bonds is 7. The van der Waals surface area contributed by atoms with Gasteiger partial charge in [0.05, 0.1) is 6.10 Å². The summed E-state index contributed by atoms with van der Waals surface area (Å²) in [5, 5.41) is 9.23. The lowest BCUT2D eigenvalue weighted by atomic mass is 10.1. The van der Waals surface area contributed by atoms with Crippen molar-refractivity contribution < 1.29 is 5.11 Å². The maximum Gasteiger partial charge on any atom is 0.0674 e. The van der Waals surface area contributed by atoms with E-state index in [0.29, 0.717) is 6.54 Å². The van der Waals surface area contributed by atoms with Gasteiger partial charge in [-0.3, -0.25) is 0 Å². The van der Waals surface area contributed by atoms with Gasteiger partial charge in [0, 0.05) is 13.1 Å². The van der Waals surface area contributed by atoms with E-state index < -0.39 is 0 Å². The van der Waals surface area contributed by atoms with E-state index in [1.807, 2.05) is 0 Å². The first-order valence-corrected chi connectivity index (χ1v) is 5.13. The highest BCUT2D eigenvalue weighted by Gasteiger charge is 2.04. The topological polar surface area (TPSA) is 49.5 Å². The van der Waals surface area contributed by atoms with Crippen molar-refractivity contribution in [1.29, 1.82) is 0 Å². The van der Waals surface area contributed by atoms with E-state index in [-0.39, 0.29) is 6.10 Å². The van der Waals surface area contributed by atoms with E-state index in [1.165, 1.54) is 6.42 Å². The summed E-state index contributed by atoms with van der Waals surface area (Å²) in [4.78, 5) is 2.25. The molecule has 3 heteroatoms. The van der Waals surface area contributed by atoms with Crippen molar-refractivity contribution in [1.82, 2.24) is 4.90 Å². The molecule has 0 aromatic heterocycles. The van der Waals surface area contributed by atoms with E-state index in [9.17, 15) is 5.11 Å². The minimum atomic E-state index is -0.332. The summed E-state index contributed by atoms with van der Waals surface area (Å²) in [6.07, 6.45) is 1.67. The van der Waals surface area contributed by atoms with Gasteiger partial charge in [-0.1, -0.05) is 13.8 Å². The van der Waals surface area contributed by atoms with Crippen molar-refractivity contribution in [3.05, 3.63) is 0 Å². The predicted molar refractivity (Wildman–Crippen MR) is 56.6 cm³/mol. The molecule has 0 aliphatic rings. The second-order valence-electron chi connectivity index (χ2n) is 4.16. The number of aliphatic hydroxyl groups is 1. The average molecular weight is 188 g/mol. The highest BCUT2D eigenvalue weighted by Crippen LogP contribution is 2.01. The number of aliphatic hydroxyl groups excluding tert-OH is 1. The SMILES string of the molecule is CC(C)CCN(C)CCC(O)CN. The number of nitrogens with two attached hydrogens (primary N) is 1. The third-order valence-corrected chi connectivity index (χ3v) is 2.20. The van der Waals surface area contributed by atoms with Gasteiger partial charge in [0.15, 0.2) is 0 Å². The molecule has 80 valence electrons. The Morgan fingerprint density at radius 1 is 1.23 bits per heavy atom. The zero-order chi connectivity index (χ0) is 10.3. The molecule has 0 saturated carbocycles. The molecule has 0 saturated heterocycles. The Hall–Kier alpha value is -0.120. The van der Waals surface area contributed by atoms with Gasteiger partial charge in [-0.25, -0.2) is 0 Å². The maximum atomic E-state index is 9.23. The quantitative estimate of drug-likeness (QED) is 0.617. The number of nitrogens with zero attached hydrogens (tertiary/aromatic N) is 1. The molecule has 3 nitrogen and oxygen atoms in total. The van der Waals surface area contributed by atoms with E-state index in [0.717, 1.165) is 25.4 Å². The van der Waals surface area contributed by atoms with Crippen LogP contribution in [0.25, 0.3) is 0 Å². The Balaban J connectivity index is 3.34. The third kappa shape index (κ3) is 8.22. The molecule has 0 rings (SSSR count). The Bertz CT molecular complexity index is 117. The molecular formula is C10H24N2O.